The van der Waals surface area contributed by atoms with Crippen molar-refractivity contribution in [3.05, 3.63) is 53.6 Å². The molecule has 1 amide bonds. The molecule has 0 fully saturated rings. The van der Waals surface area contributed by atoms with Gasteiger partial charge in [0.1, 0.15) is 11.4 Å². The summed E-state index contributed by atoms with van der Waals surface area (Å²) in [6.45, 7) is 0.0499. The molecule has 0 bridgehead atoms. The van der Waals surface area contributed by atoms with Gasteiger partial charge in [-0.3, -0.25) is 4.79 Å². The van der Waals surface area contributed by atoms with Crippen LogP contribution in [-0.4, -0.2) is 29.1 Å². The molecule has 0 saturated carbocycles. The monoisotopic (exact) mass is 314 g/mol. The summed E-state index contributed by atoms with van der Waals surface area (Å²) in [6.07, 6.45) is 1.40. The van der Waals surface area contributed by atoms with Gasteiger partial charge in [0.05, 0.1) is 13.4 Å². The fourth-order valence-corrected chi connectivity index (χ4v) is 2.38. The highest BCUT2D eigenvalue weighted by molar-refractivity contribution is 5.98. The number of aromatic amines is 1. The van der Waals surface area contributed by atoms with Gasteiger partial charge in [0.2, 0.25) is 0 Å². The third-order valence-corrected chi connectivity index (χ3v) is 3.50. The maximum atomic E-state index is 12.0. The van der Waals surface area contributed by atoms with Gasteiger partial charge in [-0.1, -0.05) is 0 Å². The molecule has 2 aromatic heterocycles. The number of ether oxygens (including phenoxy) is 1. The first-order valence-electron chi connectivity index (χ1n) is 6.83. The van der Waals surface area contributed by atoms with Crippen LogP contribution in [0.5, 0.6) is 5.75 Å². The summed E-state index contributed by atoms with van der Waals surface area (Å²) in [4.78, 5) is 26.2. The molecule has 0 aliphatic rings. The van der Waals surface area contributed by atoms with Crippen LogP contribution in [0.1, 0.15) is 26.6 Å². The molecule has 0 aliphatic carbocycles. The van der Waals surface area contributed by atoms with Crippen molar-refractivity contribution in [3.8, 4) is 5.75 Å². The van der Waals surface area contributed by atoms with E-state index in [-0.39, 0.29) is 18.0 Å². The number of furan rings is 1. The molecule has 118 valence electrons. The van der Waals surface area contributed by atoms with Crippen LogP contribution in [0.25, 0.3) is 10.9 Å². The highest BCUT2D eigenvalue weighted by Gasteiger charge is 2.19. The van der Waals surface area contributed by atoms with E-state index in [0.29, 0.717) is 22.2 Å². The van der Waals surface area contributed by atoms with Crippen LogP contribution >= 0.6 is 0 Å². The zero-order valence-electron chi connectivity index (χ0n) is 12.3. The van der Waals surface area contributed by atoms with Gasteiger partial charge in [-0.05, 0) is 30.3 Å². The van der Waals surface area contributed by atoms with E-state index in [1.807, 2.05) is 0 Å². The highest BCUT2D eigenvalue weighted by atomic mass is 16.5. The Morgan fingerprint density at radius 1 is 1.35 bits per heavy atom. The maximum Gasteiger partial charge on any atom is 0.352 e. The van der Waals surface area contributed by atoms with E-state index in [1.54, 1.807) is 24.3 Å². The van der Waals surface area contributed by atoms with E-state index in [4.69, 9.17) is 9.15 Å². The van der Waals surface area contributed by atoms with Crippen molar-refractivity contribution in [1.29, 1.82) is 0 Å². The molecule has 1 aromatic carbocycles. The molecule has 0 aliphatic heterocycles. The van der Waals surface area contributed by atoms with Crippen molar-refractivity contribution in [1.82, 2.24) is 10.3 Å². The number of carboxylic acid groups (broad SMARTS) is 1. The van der Waals surface area contributed by atoms with Gasteiger partial charge < -0.3 is 24.6 Å². The number of hydrogen-bond donors (Lipinski definition) is 3. The first kappa shape index (κ1) is 14.7. The maximum absolute atomic E-state index is 12.0. The summed E-state index contributed by atoms with van der Waals surface area (Å²) in [5.74, 6) is -0.739. The summed E-state index contributed by atoms with van der Waals surface area (Å²) in [5.41, 5.74) is 1.17. The Hall–Kier alpha value is -3.22. The van der Waals surface area contributed by atoms with Crippen molar-refractivity contribution in [2.75, 3.05) is 7.11 Å². The van der Waals surface area contributed by atoms with Gasteiger partial charge >= 0.3 is 5.97 Å². The Labute approximate surface area is 130 Å². The molecule has 0 unspecified atom stereocenters. The van der Waals surface area contributed by atoms with Gasteiger partial charge in [-0.2, -0.15) is 0 Å². The molecule has 3 rings (SSSR count). The average molecular weight is 314 g/mol. The second kappa shape index (κ2) is 5.88. The number of amides is 1. The van der Waals surface area contributed by atoms with Crippen molar-refractivity contribution in [3.63, 3.8) is 0 Å². The lowest BCUT2D eigenvalue weighted by atomic mass is 10.1. The molecular formula is C16H14N2O5. The number of fused-ring (bicyclic) bond motifs is 1. The Bertz CT molecular complexity index is 864. The van der Waals surface area contributed by atoms with Crippen LogP contribution in [0.2, 0.25) is 0 Å². The molecular weight excluding hydrogens is 300 g/mol. The largest absolute Gasteiger partial charge is 0.497 e. The average Bonchev–Trinajstić information content (AvgIpc) is 3.19. The zero-order valence-corrected chi connectivity index (χ0v) is 12.3. The summed E-state index contributed by atoms with van der Waals surface area (Å²) in [7, 11) is 1.53. The minimum atomic E-state index is -1.09. The number of rotatable bonds is 5. The van der Waals surface area contributed by atoms with Crippen LogP contribution < -0.4 is 10.1 Å². The molecule has 0 spiro atoms. The van der Waals surface area contributed by atoms with Crippen molar-refractivity contribution < 1.29 is 23.8 Å². The molecule has 0 atom stereocenters. The highest BCUT2D eigenvalue weighted by Crippen LogP contribution is 2.26. The first-order chi connectivity index (χ1) is 11.1. The fraction of sp³-hybridized carbons (Fsp3) is 0.125. The molecule has 23 heavy (non-hydrogen) atoms. The Morgan fingerprint density at radius 3 is 2.83 bits per heavy atom. The van der Waals surface area contributed by atoms with E-state index in [2.05, 4.69) is 10.3 Å². The minimum Gasteiger partial charge on any atom is -0.497 e. The summed E-state index contributed by atoms with van der Waals surface area (Å²) in [5, 5.41) is 12.7. The first-order valence-corrected chi connectivity index (χ1v) is 6.83. The van der Waals surface area contributed by atoms with Crippen molar-refractivity contribution >= 4 is 22.8 Å². The SMILES string of the molecule is COc1ccc2[nH]c(C(=O)O)c(CNC(=O)c3ccco3)c2c1. The summed E-state index contributed by atoms with van der Waals surface area (Å²) < 4.78 is 10.2. The third kappa shape index (κ3) is 2.76. The number of aromatic carboxylic acids is 1. The van der Waals surface area contributed by atoms with Gasteiger partial charge in [0.15, 0.2) is 5.76 Å². The number of H-pyrrole nitrogens is 1. The van der Waals surface area contributed by atoms with Gasteiger partial charge in [-0.15, -0.1) is 0 Å². The zero-order chi connectivity index (χ0) is 16.4. The summed E-state index contributed by atoms with van der Waals surface area (Å²) in [6, 6.07) is 8.33. The predicted octanol–water partition coefficient (Wildman–Crippen LogP) is 2.40. The fourth-order valence-electron chi connectivity index (χ4n) is 2.38. The molecule has 7 heteroatoms. The quantitative estimate of drug-likeness (QED) is 0.670. The number of hydrogen-bond acceptors (Lipinski definition) is 4. The van der Waals surface area contributed by atoms with E-state index >= 15 is 0 Å². The molecule has 3 N–H and O–H groups in total. The van der Waals surface area contributed by atoms with E-state index in [0.717, 1.165) is 0 Å². The van der Waals surface area contributed by atoms with E-state index in [1.165, 1.54) is 19.4 Å². The second-order valence-electron chi connectivity index (χ2n) is 4.86. The standard InChI is InChI=1S/C16H14N2O5/c1-22-9-4-5-12-10(7-9)11(14(18-12)16(20)21)8-17-15(19)13-3-2-6-23-13/h2-7,18H,8H2,1H3,(H,17,19)(H,20,21). The number of nitrogens with one attached hydrogen (secondary N) is 2. The summed E-state index contributed by atoms with van der Waals surface area (Å²) >= 11 is 0. The van der Waals surface area contributed by atoms with Crippen molar-refractivity contribution in [2.45, 2.75) is 6.54 Å². The topological polar surface area (TPSA) is 105 Å². The lowest BCUT2D eigenvalue weighted by Crippen LogP contribution is -2.23. The number of carboxylic acids is 1. The number of methoxy groups -OCH3 is 1. The number of carbonyl (C=O) groups is 2. The van der Waals surface area contributed by atoms with Gasteiger partial charge in [0.25, 0.3) is 5.91 Å². The van der Waals surface area contributed by atoms with Crippen molar-refractivity contribution in [2.24, 2.45) is 0 Å². The molecule has 0 radical (unpaired) electrons. The normalized spacial score (nSPS) is 10.7. The molecule has 0 saturated heterocycles. The number of aromatic nitrogens is 1. The van der Waals surface area contributed by atoms with Crippen LogP contribution in [-0.2, 0) is 6.54 Å². The van der Waals surface area contributed by atoms with Crippen LogP contribution in [0.15, 0.2) is 41.0 Å². The Kier molecular flexibility index (Phi) is 3.76. The van der Waals surface area contributed by atoms with E-state index in [9.17, 15) is 14.7 Å². The minimum absolute atomic E-state index is 0.0352. The Morgan fingerprint density at radius 2 is 2.17 bits per heavy atom. The lowest BCUT2D eigenvalue weighted by Gasteiger charge is -2.05. The Balaban J connectivity index is 1.95. The van der Waals surface area contributed by atoms with Crippen LogP contribution in [0.4, 0.5) is 0 Å². The smallest absolute Gasteiger partial charge is 0.352 e. The molecule has 3 aromatic rings. The number of carbonyl (C=O) groups excluding carboxylic acids is 1. The third-order valence-electron chi connectivity index (χ3n) is 3.50. The lowest BCUT2D eigenvalue weighted by molar-refractivity contribution is 0.0689. The van der Waals surface area contributed by atoms with Crippen LogP contribution in [0, 0.1) is 0 Å². The molecule has 7 nitrogen and oxygen atoms in total. The number of benzene rings is 1. The molecule has 2 heterocycles. The van der Waals surface area contributed by atoms with Crippen LogP contribution in [0.3, 0.4) is 0 Å². The van der Waals surface area contributed by atoms with Gasteiger partial charge in [-0.25, -0.2) is 4.79 Å². The predicted molar refractivity (Wildman–Crippen MR) is 81.7 cm³/mol. The van der Waals surface area contributed by atoms with E-state index < -0.39 is 11.9 Å². The second-order valence-corrected chi connectivity index (χ2v) is 4.86. The van der Waals surface area contributed by atoms with Gasteiger partial charge in [0, 0.05) is 23.0 Å².